The first-order chi connectivity index (χ1) is 8.68. The predicted octanol–water partition coefficient (Wildman–Crippen LogP) is 1.83. The molecule has 1 unspecified atom stereocenters. The lowest BCUT2D eigenvalue weighted by atomic mass is 9.79. The van der Waals surface area contributed by atoms with Crippen molar-refractivity contribution in [3.63, 3.8) is 0 Å². The molecule has 1 aliphatic heterocycles. The molecule has 0 amide bonds. The summed E-state index contributed by atoms with van der Waals surface area (Å²) in [6.07, 6.45) is 3.47. The van der Waals surface area contributed by atoms with Crippen LogP contribution in [0.3, 0.4) is 0 Å². The predicted molar refractivity (Wildman–Crippen MR) is 72.9 cm³/mol. The molecule has 0 aromatic rings. The third-order valence-corrected chi connectivity index (χ3v) is 3.50. The van der Waals surface area contributed by atoms with Crippen LogP contribution < -0.4 is 5.32 Å². The molecule has 1 N–H and O–H groups in total. The Balaban J connectivity index is 2.29. The van der Waals surface area contributed by atoms with Gasteiger partial charge in [0.1, 0.15) is 0 Å². The lowest BCUT2D eigenvalue weighted by Crippen LogP contribution is -2.43. The maximum absolute atomic E-state index is 5.68. The first-order valence-corrected chi connectivity index (χ1v) is 7.06. The highest BCUT2D eigenvalue weighted by atomic mass is 16.5. The summed E-state index contributed by atoms with van der Waals surface area (Å²) < 4.78 is 16.3. The summed E-state index contributed by atoms with van der Waals surface area (Å²) in [7, 11) is 1.70. The molecule has 1 rings (SSSR count). The van der Waals surface area contributed by atoms with Crippen molar-refractivity contribution in [1.82, 2.24) is 5.32 Å². The molecule has 1 saturated heterocycles. The molecule has 0 bridgehead atoms. The quantitative estimate of drug-likeness (QED) is 0.641. The number of methoxy groups -OCH3 is 1. The van der Waals surface area contributed by atoms with E-state index in [1.165, 1.54) is 6.42 Å². The molecule has 4 heteroatoms. The first kappa shape index (κ1) is 15.9. The maximum atomic E-state index is 5.68. The van der Waals surface area contributed by atoms with Crippen LogP contribution in [-0.4, -0.2) is 52.7 Å². The van der Waals surface area contributed by atoms with Gasteiger partial charge in [0.2, 0.25) is 0 Å². The lowest BCUT2D eigenvalue weighted by Gasteiger charge is -2.38. The Hall–Kier alpha value is -0.160. The molecule has 4 nitrogen and oxygen atoms in total. The molecule has 0 aromatic heterocycles. The number of ether oxygens (including phenoxy) is 3. The van der Waals surface area contributed by atoms with E-state index < -0.39 is 0 Å². The summed E-state index contributed by atoms with van der Waals surface area (Å²) in [6.45, 7) is 9.33. The van der Waals surface area contributed by atoms with Crippen LogP contribution in [0.4, 0.5) is 0 Å². The van der Waals surface area contributed by atoms with Gasteiger partial charge in [-0.15, -0.1) is 0 Å². The second kappa shape index (κ2) is 8.86. The van der Waals surface area contributed by atoms with Gasteiger partial charge in [0.25, 0.3) is 0 Å². The van der Waals surface area contributed by atoms with Gasteiger partial charge in [-0.25, -0.2) is 0 Å². The van der Waals surface area contributed by atoms with Crippen molar-refractivity contribution in [2.24, 2.45) is 5.41 Å². The Kier molecular flexibility index (Phi) is 7.82. The lowest BCUT2D eigenvalue weighted by molar-refractivity contribution is -0.0313. The Morgan fingerprint density at radius 1 is 1.28 bits per heavy atom. The van der Waals surface area contributed by atoms with E-state index in [-0.39, 0.29) is 5.41 Å². The molecule has 1 fully saturated rings. The van der Waals surface area contributed by atoms with Crippen LogP contribution in [0, 0.1) is 5.41 Å². The number of rotatable bonds is 9. The van der Waals surface area contributed by atoms with Gasteiger partial charge < -0.3 is 19.5 Å². The van der Waals surface area contributed by atoms with Gasteiger partial charge in [-0.2, -0.15) is 0 Å². The van der Waals surface area contributed by atoms with E-state index in [1.807, 2.05) is 0 Å². The molecule has 1 aliphatic rings. The molecular formula is C14H29NO3. The minimum absolute atomic E-state index is 0.260. The zero-order valence-electron chi connectivity index (χ0n) is 12.2. The monoisotopic (exact) mass is 259 g/mol. The summed E-state index contributed by atoms with van der Waals surface area (Å²) in [6, 6.07) is 0.526. The summed E-state index contributed by atoms with van der Waals surface area (Å²) in [5.74, 6) is 0. The highest BCUT2D eigenvalue weighted by Gasteiger charge is 2.32. The Morgan fingerprint density at radius 3 is 2.72 bits per heavy atom. The fourth-order valence-corrected chi connectivity index (χ4v) is 2.29. The van der Waals surface area contributed by atoms with Crippen LogP contribution in [0.15, 0.2) is 0 Å². The first-order valence-electron chi connectivity index (χ1n) is 7.06. The summed E-state index contributed by atoms with van der Waals surface area (Å²) in [5, 5.41) is 3.55. The van der Waals surface area contributed by atoms with Gasteiger partial charge in [-0.1, -0.05) is 13.8 Å². The smallest absolute Gasteiger partial charge is 0.0700 e. The molecule has 1 atom stereocenters. The molecule has 18 heavy (non-hydrogen) atoms. The highest BCUT2D eigenvalue weighted by Crippen LogP contribution is 2.31. The standard InChI is InChI=1S/C14H29NO3/c1-13(2)15-11-14(5-4-7-18-12-14)6-8-17-10-9-16-3/h13,15H,4-12H2,1-3H3. The molecule has 0 radical (unpaired) electrons. The van der Waals surface area contributed by atoms with Gasteiger partial charge in [0.15, 0.2) is 0 Å². The van der Waals surface area contributed by atoms with E-state index in [0.29, 0.717) is 19.3 Å². The van der Waals surface area contributed by atoms with Crippen molar-refractivity contribution < 1.29 is 14.2 Å². The van der Waals surface area contributed by atoms with Crippen molar-refractivity contribution in [1.29, 1.82) is 0 Å². The third-order valence-electron chi connectivity index (χ3n) is 3.50. The Bertz CT molecular complexity index is 203. The van der Waals surface area contributed by atoms with E-state index in [4.69, 9.17) is 14.2 Å². The van der Waals surface area contributed by atoms with Gasteiger partial charge in [0, 0.05) is 38.3 Å². The second-order valence-corrected chi connectivity index (χ2v) is 5.55. The third kappa shape index (κ3) is 6.14. The highest BCUT2D eigenvalue weighted by molar-refractivity contribution is 4.84. The Morgan fingerprint density at radius 2 is 2.11 bits per heavy atom. The molecule has 0 aliphatic carbocycles. The number of hydrogen-bond donors (Lipinski definition) is 1. The molecule has 108 valence electrons. The molecule has 1 heterocycles. The van der Waals surface area contributed by atoms with E-state index >= 15 is 0 Å². The van der Waals surface area contributed by atoms with E-state index in [1.54, 1.807) is 7.11 Å². The topological polar surface area (TPSA) is 39.7 Å². The molecule has 0 aromatic carbocycles. The normalized spacial score (nSPS) is 24.7. The van der Waals surface area contributed by atoms with Crippen LogP contribution in [0.1, 0.15) is 33.1 Å². The molecule has 0 spiro atoms. The number of nitrogens with one attached hydrogen (secondary N) is 1. The van der Waals surface area contributed by atoms with Crippen LogP contribution in [0.25, 0.3) is 0 Å². The zero-order chi connectivity index (χ0) is 13.3. The largest absolute Gasteiger partial charge is 0.382 e. The van der Waals surface area contributed by atoms with Crippen LogP contribution >= 0.6 is 0 Å². The van der Waals surface area contributed by atoms with Crippen LogP contribution in [-0.2, 0) is 14.2 Å². The van der Waals surface area contributed by atoms with Crippen molar-refractivity contribution in [3.05, 3.63) is 0 Å². The van der Waals surface area contributed by atoms with Crippen molar-refractivity contribution >= 4 is 0 Å². The SMILES string of the molecule is COCCOCCC1(CNC(C)C)CCCOC1. The van der Waals surface area contributed by atoms with Crippen LogP contribution in [0.5, 0.6) is 0 Å². The summed E-state index contributed by atoms with van der Waals surface area (Å²) >= 11 is 0. The Labute approximate surface area is 111 Å². The number of hydrogen-bond acceptors (Lipinski definition) is 4. The fraction of sp³-hybridized carbons (Fsp3) is 1.00. The maximum Gasteiger partial charge on any atom is 0.0700 e. The average molecular weight is 259 g/mol. The van der Waals surface area contributed by atoms with Gasteiger partial charge in [-0.05, 0) is 19.3 Å². The second-order valence-electron chi connectivity index (χ2n) is 5.55. The summed E-state index contributed by atoms with van der Waals surface area (Å²) in [4.78, 5) is 0. The minimum atomic E-state index is 0.260. The van der Waals surface area contributed by atoms with Gasteiger partial charge in [0.05, 0.1) is 19.8 Å². The van der Waals surface area contributed by atoms with E-state index in [9.17, 15) is 0 Å². The minimum Gasteiger partial charge on any atom is -0.382 e. The fourth-order valence-electron chi connectivity index (χ4n) is 2.29. The van der Waals surface area contributed by atoms with Gasteiger partial charge in [-0.3, -0.25) is 0 Å². The van der Waals surface area contributed by atoms with Crippen molar-refractivity contribution in [2.45, 2.75) is 39.2 Å². The molecule has 0 saturated carbocycles. The summed E-state index contributed by atoms with van der Waals surface area (Å²) in [5.41, 5.74) is 0.260. The molecular weight excluding hydrogens is 230 g/mol. The van der Waals surface area contributed by atoms with Crippen molar-refractivity contribution in [3.8, 4) is 0 Å². The van der Waals surface area contributed by atoms with E-state index in [2.05, 4.69) is 19.2 Å². The van der Waals surface area contributed by atoms with E-state index in [0.717, 1.165) is 39.2 Å². The van der Waals surface area contributed by atoms with Gasteiger partial charge >= 0.3 is 0 Å². The average Bonchev–Trinajstić information content (AvgIpc) is 2.38. The zero-order valence-corrected chi connectivity index (χ0v) is 12.2. The van der Waals surface area contributed by atoms with Crippen molar-refractivity contribution in [2.75, 3.05) is 46.7 Å². The van der Waals surface area contributed by atoms with Crippen LogP contribution in [0.2, 0.25) is 0 Å².